The molecule has 0 atom stereocenters. The monoisotopic (exact) mass is 424 g/mol. The molecule has 0 saturated carbocycles. The number of hydrogen-bond acceptors (Lipinski definition) is 7. The van der Waals surface area contributed by atoms with Crippen LogP contribution in [0.15, 0.2) is 42.6 Å². The zero-order valence-electron chi connectivity index (χ0n) is 16.7. The Labute approximate surface area is 177 Å². The first-order valence-electron chi connectivity index (χ1n) is 9.07. The highest BCUT2D eigenvalue weighted by Crippen LogP contribution is 2.32. The van der Waals surface area contributed by atoms with E-state index in [1.165, 1.54) is 24.5 Å². The zero-order valence-corrected chi connectivity index (χ0v) is 17.5. The quantitative estimate of drug-likeness (QED) is 0.476. The van der Waals surface area contributed by atoms with E-state index in [0.717, 1.165) is 26.9 Å². The minimum atomic E-state index is -0.662. The molecule has 30 heavy (non-hydrogen) atoms. The van der Waals surface area contributed by atoms with E-state index in [1.807, 2.05) is 37.3 Å². The smallest absolute Gasteiger partial charge is 0.341 e. The number of aromatic nitrogens is 1. The van der Waals surface area contributed by atoms with Crippen molar-refractivity contribution in [2.24, 2.45) is 0 Å². The fourth-order valence-corrected chi connectivity index (χ4v) is 3.90. The third-order valence-electron chi connectivity index (χ3n) is 4.44. The number of rotatable bonds is 6. The molecule has 0 fully saturated rings. The summed E-state index contributed by atoms with van der Waals surface area (Å²) in [5.41, 5.74) is 2.58. The summed E-state index contributed by atoms with van der Waals surface area (Å²) in [6.07, 6.45) is 4.52. The Morgan fingerprint density at radius 1 is 1.17 bits per heavy atom. The van der Waals surface area contributed by atoms with Crippen molar-refractivity contribution in [1.29, 1.82) is 0 Å². The molecule has 2 heterocycles. The Morgan fingerprint density at radius 2 is 1.93 bits per heavy atom. The molecule has 154 valence electrons. The second-order valence-corrected chi connectivity index (χ2v) is 7.62. The third-order valence-corrected chi connectivity index (χ3v) is 5.56. The summed E-state index contributed by atoms with van der Waals surface area (Å²) in [7, 11) is 1.28. The van der Waals surface area contributed by atoms with E-state index in [-0.39, 0.29) is 0 Å². The summed E-state index contributed by atoms with van der Waals surface area (Å²) < 4.78 is 9.78. The minimum absolute atomic E-state index is 0.308. The highest BCUT2D eigenvalue weighted by atomic mass is 32.1. The summed E-state index contributed by atoms with van der Waals surface area (Å²) >= 11 is 1.26. The lowest BCUT2D eigenvalue weighted by Gasteiger charge is -2.06. The van der Waals surface area contributed by atoms with Crippen molar-refractivity contribution in [3.8, 4) is 0 Å². The Kier molecular flexibility index (Phi) is 6.58. The topological polar surface area (TPSA) is 94.6 Å². The normalized spacial score (nSPS) is 10.9. The second kappa shape index (κ2) is 9.32. The van der Waals surface area contributed by atoms with Crippen LogP contribution in [0.25, 0.3) is 17.0 Å². The van der Waals surface area contributed by atoms with Gasteiger partial charge in [-0.15, -0.1) is 11.3 Å². The van der Waals surface area contributed by atoms with Crippen LogP contribution in [-0.2, 0) is 19.1 Å². The van der Waals surface area contributed by atoms with E-state index in [1.54, 1.807) is 19.2 Å². The van der Waals surface area contributed by atoms with Crippen LogP contribution in [-0.4, -0.2) is 36.5 Å². The lowest BCUT2D eigenvalue weighted by Crippen LogP contribution is -2.21. The number of anilines is 1. The number of benzene rings is 1. The number of nitrogens with zero attached hydrogens (tertiary/aromatic N) is 1. The Morgan fingerprint density at radius 3 is 2.70 bits per heavy atom. The molecule has 2 aromatic heterocycles. The van der Waals surface area contributed by atoms with Crippen LogP contribution < -0.4 is 5.32 Å². The average molecular weight is 424 g/mol. The van der Waals surface area contributed by atoms with Gasteiger partial charge in [-0.05, 0) is 31.6 Å². The number of aryl methyl sites for hydroxylation is 1. The molecule has 0 spiro atoms. The van der Waals surface area contributed by atoms with Gasteiger partial charge in [0, 0.05) is 28.1 Å². The van der Waals surface area contributed by atoms with Gasteiger partial charge in [0.05, 0.1) is 18.2 Å². The summed E-state index contributed by atoms with van der Waals surface area (Å²) in [5, 5.41) is 3.93. The van der Waals surface area contributed by atoms with E-state index in [9.17, 15) is 14.4 Å². The maximum absolute atomic E-state index is 12.2. The Hall–Kier alpha value is -3.52. The minimum Gasteiger partial charge on any atom is -0.465 e. The fraction of sp³-hybridized carbons (Fsp3) is 0.182. The summed E-state index contributed by atoms with van der Waals surface area (Å²) in [6, 6.07) is 9.40. The number of amides is 1. The SMILES string of the molecule is COC(=O)c1c(NC(=O)COC(=O)/C=C/c2cccc3cccnc23)sc(C)c1C. The number of carbonyl (C=O) groups excluding carboxylic acids is 3. The molecule has 0 bridgehead atoms. The predicted molar refractivity (Wildman–Crippen MR) is 115 cm³/mol. The van der Waals surface area contributed by atoms with Crippen LogP contribution in [0, 0.1) is 13.8 Å². The largest absolute Gasteiger partial charge is 0.465 e. The molecule has 3 aromatic rings. The van der Waals surface area contributed by atoms with Gasteiger partial charge in [0.25, 0.3) is 5.91 Å². The highest BCUT2D eigenvalue weighted by Gasteiger charge is 2.21. The van der Waals surface area contributed by atoms with Crippen LogP contribution in [0.5, 0.6) is 0 Å². The van der Waals surface area contributed by atoms with E-state index in [0.29, 0.717) is 10.6 Å². The molecule has 0 aliphatic rings. The maximum atomic E-state index is 12.2. The summed E-state index contributed by atoms with van der Waals surface area (Å²) in [6.45, 7) is 3.14. The first kappa shape index (κ1) is 21.2. The molecule has 0 radical (unpaired) electrons. The number of ether oxygens (including phenoxy) is 2. The highest BCUT2D eigenvalue weighted by molar-refractivity contribution is 7.16. The van der Waals surface area contributed by atoms with Gasteiger partial charge < -0.3 is 14.8 Å². The van der Waals surface area contributed by atoms with Crippen molar-refractivity contribution >= 4 is 51.2 Å². The van der Waals surface area contributed by atoms with Gasteiger partial charge in [0.2, 0.25) is 0 Å². The van der Waals surface area contributed by atoms with Crippen molar-refractivity contribution in [2.75, 3.05) is 19.0 Å². The van der Waals surface area contributed by atoms with Gasteiger partial charge in [-0.3, -0.25) is 9.78 Å². The van der Waals surface area contributed by atoms with Crippen molar-refractivity contribution in [2.45, 2.75) is 13.8 Å². The van der Waals surface area contributed by atoms with Gasteiger partial charge in [-0.1, -0.05) is 24.3 Å². The van der Waals surface area contributed by atoms with Gasteiger partial charge in [-0.25, -0.2) is 9.59 Å². The fourth-order valence-electron chi connectivity index (χ4n) is 2.83. The van der Waals surface area contributed by atoms with Crippen LogP contribution in [0.1, 0.15) is 26.4 Å². The molecule has 3 rings (SSSR count). The average Bonchev–Trinajstić information content (AvgIpc) is 3.03. The van der Waals surface area contributed by atoms with Crippen molar-refractivity contribution in [3.05, 3.63) is 64.2 Å². The molecule has 0 saturated heterocycles. The van der Waals surface area contributed by atoms with Crippen molar-refractivity contribution in [1.82, 2.24) is 4.98 Å². The Balaban J connectivity index is 1.61. The molecule has 8 heteroatoms. The van der Waals surface area contributed by atoms with Crippen molar-refractivity contribution in [3.63, 3.8) is 0 Å². The summed E-state index contributed by atoms with van der Waals surface area (Å²) in [4.78, 5) is 41.4. The molecule has 0 aliphatic heterocycles. The Bertz CT molecular complexity index is 1140. The van der Waals surface area contributed by atoms with E-state index >= 15 is 0 Å². The third kappa shape index (κ3) is 4.72. The molecular formula is C22H20N2O5S. The number of pyridine rings is 1. The van der Waals surface area contributed by atoms with E-state index in [2.05, 4.69) is 10.3 Å². The lowest BCUT2D eigenvalue weighted by molar-refractivity contribution is -0.142. The molecular weight excluding hydrogens is 404 g/mol. The van der Waals surface area contributed by atoms with E-state index < -0.39 is 24.5 Å². The molecule has 1 amide bonds. The van der Waals surface area contributed by atoms with Gasteiger partial charge in [0.15, 0.2) is 6.61 Å². The first-order chi connectivity index (χ1) is 14.4. The second-order valence-electron chi connectivity index (χ2n) is 6.39. The van der Waals surface area contributed by atoms with Gasteiger partial charge >= 0.3 is 11.9 Å². The number of methoxy groups -OCH3 is 1. The molecule has 0 unspecified atom stereocenters. The molecule has 0 aliphatic carbocycles. The molecule has 7 nitrogen and oxygen atoms in total. The number of esters is 2. The van der Waals surface area contributed by atoms with Gasteiger partial charge in [-0.2, -0.15) is 0 Å². The molecule has 1 aromatic carbocycles. The molecule has 1 N–H and O–H groups in total. The first-order valence-corrected chi connectivity index (χ1v) is 9.89. The van der Waals surface area contributed by atoms with Crippen LogP contribution in [0.4, 0.5) is 5.00 Å². The van der Waals surface area contributed by atoms with Crippen LogP contribution in [0.3, 0.4) is 0 Å². The predicted octanol–water partition coefficient (Wildman–Crippen LogP) is 3.89. The number of thiophene rings is 1. The van der Waals surface area contributed by atoms with Crippen molar-refractivity contribution < 1.29 is 23.9 Å². The number of fused-ring (bicyclic) bond motifs is 1. The number of nitrogens with one attached hydrogen (secondary N) is 1. The summed E-state index contributed by atoms with van der Waals surface area (Å²) in [5.74, 6) is -1.74. The van der Waals surface area contributed by atoms with Crippen LogP contribution >= 0.6 is 11.3 Å². The number of carbonyl (C=O) groups is 3. The number of hydrogen-bond donors (Lipinski definition) is 1. The standard InChI is InChI=1S/C22H20N2O5S/c1-13-14(2)30-21(19(13)22(27)28-3)24-17(25)12-29-18(26)10-9-16-7-4-6-15-8-5-11-23-20(15)16/h4-11H,12H2,1-3H3,(H,24,25)/b10-9+. The van der Waals surface area contributed by atoms with E-state index in [4.69, 9.17) is 9.47 Å². The van der Waals surface area contributed by atoms with Crippen LogP contribution in [0.2, 0.25) is 0 Å². The zero-order chi connectivity index (χ0) is 21.7. The maximum Gasteiger partial charge on any atom is 0.341 e. The lowest BCUT2D eigenvalue weighted by atomic mass is 10.1. The number of para-hydroxylation sites is 1. The van der Waals surface area contributed by atoms with Gasteiger partial charge in [0.1, 0.15) is 5.00 Å².